The van der Waals surface area contributed by atoms with Gasteiger partial charge in [-0.2, -0.15) is 0 Å². The fourth-order valence-electron chi connectivity index (χ4n) is 3.52. The third-order valence-corrected chi connectivity index (χ3v) is 7.33. The highest BCUT2D eigenvalue weighted by molar-refractivity contribution is 8.76. The van der Waals surface area contributed by atoms with Gasteiger partial charge in [0.15, 0.2) is 0 Å². The summed E-state index contributed by atoms with van der Waals surface area (Å²) in [5, 5.41) is 3.80. The molecule has 5 nitrogen and oxygen atoms in total. The van der Waals surface area contributed by atoms with Crippen LogP contribution >= 0.6 is 21.6 Å². The van der Waals surface area contributed by atoms with Crippen LogP contribution in [0.1, 0.15) is 28.4 Å². The van der Waals surface area contributed by atoms with Crippen LogP contribution in [-0.4, -0.2) is 36.6 Å². The molecule has 1 aromatic heterocycles. The molecular weight excluding hydrogens is 452 g/mol. The molecule has 0 fully saturated rings. The molecule has 0 spiro atoms. The molecule has 2 aromatic carbocycles. The zero-order valence-electron chi connectivity index (χ0n) is 18.2. The van der Waals surface area contributed by atoms with Gasteiger partial charge < -0.3 is 14.8 Å². The average molecular weight is 479 g/mol. The van der Waals surface area contributed by atoms with E-state index in [1.54, 1.807) is 27.8 Å². The van der Waals surface area contributed by atoms with E-state index >= 15 is 0 Å². The Morgan fingerprint density at radius 2 is 1.76 bits per heavy atom. The standard InChI is InChI=1S/C26H26N2O3S2/c29-26(28-15-16-30-17-18-32-33-25-11-5-6-14-27-25)31-24-19-22-9-2-1-7-20(22)12-13-21-8-3-4-10-23(21)24/h1-14,24H,15-19H2,(H,28,29)/b13-12-. The maximum atomic E-state index is 12.5. The minimum absolute atomic E-state index is 0.353. The van der Waals surface area contributed by atoms with E-state index < -0.39 is 6.09 Å². The van der Waals surface area contributed by atoms with Gasteiger partial charge in [0.25, 0.3) is 0 Å². The minimum Gasteiger partial charge on any atom is -0.441 e. The Morgan fingerprint density at radius 1 is 0.970 bits per heavy atom. The van der Waals surface area contributed by atoms with Crippen molar-refractivity contribution in [2.45, 2.75) is 17.6 Å². The molecule has 1 amide bonds. The van der Waals surface area contributed by atoms with Gasteiger partial charge in [-0.25, -0.2) is 9.78 Å². The minimum atomic E-state index is -0.430. The molecule has 1 heterocycles. The molecule has 3 aromatic rings. The Balaban J connectivity index is 1.21. The van der Waals surface area contributed by atoms with Crippen molar-refractivity contribution in [1.82, 2.24) is 10.3 Å². The van der Waals surface area contributed by atoms with Crippen LogP contribution in [0, 0.1) is 0 Å². The number of hydrogen-bond donors (Lipinski definition) is 1. The van der Waals surface area contributed by atoms with Crippen LogP contribution in [-0.2, 0) is 15.9 Å². The number of nitrogens with one attached hydrogen (secondary N) is 1. The van der Waals surface area contributed by atoms with E-state index in [-0.39, 0.29) is 6.10 Å². The number of rotatable bonds is 9. The molecule has 33 heavy (non-hydrogen) atoms. The van der Waals surface area contributed by atoms with Crippen LogP contribution in [0.3, 0.4) is 0 Å². The lowest BCUT2D eigenvalue weighted by Crippen LogP contribution is -2.30. The molecule has 1 atom stereocenters. The lowest BCUT2D eigenvalue weighted by atomic mass is 9.91. The summed E-state index contributed by atoms with van der Waals surface area (Å²) in [7, 11) is 3.33. The average Bonchev–Trinajstić information content (AvgIpc) is 2.84. The van der Waals surface area contributed by atoms with Gasteiger partial charge in [0, 0.05) is 30.5 Å². The van der Waals surface area contributed by atoms with Gasteiger partial charge in [0.05, 0.1) is 13.2 Å². The van der Waals surface area contributed by atoms with Crippen LogP contribution in [0.25, 0.3) is 12.2 Å². The van der Waals surface area contributed by atoms with Crippen LogP contribution in [0.5, 0.6) is 0 Å². The molecule has 0 radical (unpaired) electrons. The van der Waals surface area contributed by atoms with Gasteiger partial charge in [-0.05, 0) is 39.6 Å². The van der Waals surface area contributed by atoms with Gasteiger partial charge in [0.2, 0.25) is 0 Å². The third-order valence-electron chi connectivity index (χ3n) is 5.10. The molecule has 1 aliphatic rings. The zero-order valence-corrected chi connectivity index (χ0v) is 19.8. The first kappa shape index (κ1) is 23.4. The van der Waals surface area contributed by atoms with E-state index in [0.29, 0.717) is 26.2 Å². The van der Waals surface area contributed by atoms with Crippen molar-refractivity contribution >= 4 is 39.8 Å². The number of hydrogen-bond acceptors (Lipinski definition) is 6. The Kier molecular flexibility index (Phi) is 8.86. The van der Waals surface area contributed by atoms with Crippen LogP contribution in [0.15, 0.2) is 78.0 Å². The zero-order chi connectivity index (χ0) is 22.7. The summed E-state index contributed by atoms with van der Waals surface area (Å²) in [6, 6.07) is 22.1. The van der Waals surface area contributed by atoms with E-state index in [2.05, 4.69) is 34.6 Å². The van der Waals surface area contributed by atoms with Crippen molar-refractivity contribution < 1.29 is 14.3 Å². The molecule has 0 aliphatic heterocycles. The largest absolute Gasteiger partial charge is 0.441 e. The predicted molar refractivity (Wildman–Crippen MR) is 136 cm³/mol. The summed E-state index contributed by atoms with van der Waals surface area (Å²) in [6.07, 6.45) is 5.84. The van der Waals surface area contributed by atoms with E-state index in [9.17, 15) is 4.79 Å². The summed E-state index contributed by atoms with van der Waals surface area (Å²) in [5.74, 6) is 0.845. The lowest BCUT2D eigenvalue weighted by molar-refractivity contribution is 0.0918. The Morgan fingerprint density at radius 3 is 2.64 bits per heavy atom. The van der Waals surface area contributed by atoms with E-state index in [1.807, 2.05) is 54.6 Å². The molecular formula is C26H26N2O3S2. The maximum absolute atomic E-state index is 12.5. The highest BCUT2D eigenvalue weighted by Gasteiger charge is 2.22. The van der Waals surface area contributed by atoms with Crippen molar-refractivity contribution in [2.24, 2.45) is 0 Å². The molecule has 0 saturated carbocycles. The number of carbonyl (C=O) groups is 1. The van der Waals surface area contributed by atoms with Crippen LogP contribution in [0.4, 0.5) is 4.79 Å². The van der Waals surface area contributed by atoms with Gasteiger partial charge in [-0.15, -0.1) is 0 Å². The number of amides is 1. The lowest BCUT2D eigenvalue weighted by Gasteiger charge is -2.23. The summed E-state index contributed by atoms with van der Waals surface area (Å²) >= 11 is 0. The maximum Gasteiger partial charge on any atom is 0.407 e. The highest BCUT2D eigenvalue weighted by atomic mass is 33.1. The first-order chi connectivity index (χ1) is 16.3. The highest BCUT2D eigenvalue weighted by Crippen LogP contribution is 2.31. The second-order valence-electron chi connectivity index (χ2n) is 7.37. The van der Waals surface area contributed by atoms with Gasteiger partial charge in [-0.1, -0.05) is 77.5 Å². The van der Waals surface area contributed by atoms with Crippen molar-refractivity contribution in [3.63, 3.8) is 0 Å². The molecule has 7 heteroatoms. The summed E-state index contributed by atoms with van der Waals surface area (Å²) in [5.41, 5.74) is 4.38. The normalized spacial score (nSPS) is 15.5. The SMILES string of the molecule is O=C(NCCOCCSSc1ccccn1)OC1Cc2ccccc2/C=C\c2ccccc21. The molecule has 1 N–H and O–H groups in total. The first-order valence-corrected chi connectivity index (χ1v) is 13.2. The van der Waals surface area contributed by atoms with Gasteiger partial charge in [0.1, 0.15) is 11.1 Å². The number of carbonyl (C=O) groups excluding carboxylic acids is 1. The van der Waals surface area contributed by atoms with Crippen molar-refractivity contribution in [1.29, 1.82) is 0 Å². The summed E-state index contributed by atoms with van der Waals surface area (Å²) in [4.78, 5) is 16.8. The van der Waals surface area contributed by atoms with Gasteiger partial charge in [-0.3, -0.25) is 0 Å². The molecule has 0 saturated heterocycles. The molecule has 1 unspecified atom stereocenters. The fraction of sp³-hybridized carbons (Fsp3) is 0.231. The number of alkyl carbamates (subject to hydrolysis) is 1. The van der Waals surface area contributed by atoms with Crippen molar-refractivity contribution in [3.8, 4) is 0 Å². The smallest absolute Gasteiger partial charge is 0.407 e. The fourth-order valence-corrected chi connectivity index (χ4v) is 5.26. The van der Waals surface area contributed by atoms with Gasteiger partial charge >= 0.3 is 6.09 Å². The quantitative estimate of drug-likeness (QED) is 0.299. The second kappa shape index (κ2) is 12.5. The van der Waals surface area contributed by atoms with Crippen molar-refractivity contribution in [2.75, 3.05) is 25.5 Å². The predicted octanol–water partition coefficient (Wildman–Crippen LogP) is 6.03. The van der Waals surface area contributed by atoms with Crippen LogP contribution < -0.4 is 5.32 Å². The molecule has 170 valence electrons. The molecule has 0 bridgehead atoms. The number of nitrogens with zero attached hydrogens (tertiary/aromatic N) is 1. The number of aromatic nitrogens is 1. The monoisotopic (exact) mass is 478 g/mol. The Labute approximate surface area is 202 Å². The summed E-state index contributed by atoms with van der Waals surface area (Å²) in [6.45, 7) is 1.46. The number of fused-ring (bicyclic) bond motifs is 2. The molecule has 4 rings (SSSR count). The second-order valence-corrected chi connectivity index (χ2v) is 9.81. The topological polar surface area (TPSA) is 60.5 Å². The summed E-state index contributed by atoms with van der Waals surface area (Å²) < 4.78 is 11.5. The number of ether oxygens (including phenoxy) is 2. The third kappa shape index (κ3) is 7.12. The Hall–Kier alpha value is -2.74. The molecule has 1 aliphatic carbocycles. The van der Waals surface area contributed by atoms with Crippen molar-refractivity contribution in [3.05, 3.63) is 95.2 Å². The van der Waals surface area contributed by atoms with E-state index in [0.717, 1.165) is 33.0 Å². The van der Waals surface area contributed by atoms with Crippen LogP contribution in [0.2, 0.25) is 0 Å². The number of pyridine rings is 1. The Bertz CT molecular complexity index is 1080. The van der Waals surface area contributed by atoms with E-state index in [4.69, 9.17) is 9.47 Å². The number of benzene rings is 2. The first-order valence-electron chi connectivity index (χ1n) is 10.9. The van der Waals surface area contributed by atoms with E-state index in [1.165, 1.54) is 0 Å².